The second-order valence-electron chi connectivity index (χ2n) is 3.55. The number of carbonyl (C=O) groups excluding carboxylic acids is 1. The van der Waals surface area contributed by atoms with Crippen LogP contribution in [0.25, 0.3) is 17.3 Å². The molecule has 6 nitrogen and oxygen atoms in total. The molecule has 0 aliphatic carbocycles. The average molecular weight is 254 g/mol. The van der Waals surface area contributed by atoms with Crippen molar-refractivity contribution in [3.63, 3.8) is 0 Å². The summed E-state index contributed by atoms with van der Waals surface area (Å²) in [6.45, 7) is 0. The minimum atomic E-state index is -0.495. The van der Waals surface area contributed by atoms with Gasteiger partial charge in [0.15, 0.2) is 0 Å². The van der Waals surface area contributed by atoms with Crippen molar-refractivity contribution in [1.29, 1.82) is 5.26 Å². The molecule has 1 heterocycles. The van der Waals surface area contributed by atoms with Gasteiger partial charge in [0.1, 0.15) is 11.4 Å². The topological polar surface area (TPSA) is 80.8 Å². The highest BCUT2D eigenvalue weighted by molar-refractivity contribution is 5.88. The predicted octanol–water partition coefficient (Wildman–Crippen LogP) is 1.46. The van der Waals surface area contributed by atoms with Gasteiger partial charge in [-0.1, -0.05) is 35.1 Å². The molecule has 0 radical (unpaired) electrons. The SMILES string of the molecule is COC(=O)C=Cc1nn(C#N)nc1-c1ccccc1. The van der Waals surface area contributed by atoms with Crippen LogP contribution >= 0.6 is 0 Å². The number of esters is 1. The lowest BCUT2D eigenvalue weighted by Crippen LogP contribution is -1.94. The molecule has 1 aromatic carbocycles. The molecule has 19 heavy (non-hydrogen) atoms. The molecule has 1 aromatic heterocycles. The van der Waals surface area contributed by atoms with Gasteiger partial charge in [-0.15, -0.1) is 10.2 Å². The standard InChI is InChI=1S/C13H10N4O2/c1-19-12(18)8-7-11-13(16-17(9-14)15-11)10-5-3-2-4-6-10/h2-8H,1H3. The Morgan fingerprint density at radius 1 is 1.37 bits per heavy atom. The van der Waals surface area contributed by atoms with Crippen LogP contribution in [0.5, 0.6) is 0 Å². The van der Waals surface area contributed by atoms with Crippen molar-refractivity contribution in [1.82, 2.24) is 15.0 Å². The fraction of sp³-hybridized carbons (Fsp3) is 0.0769. The Balaban J connectivity index is 2.44. The molecule has 0 amide bonds. The van der Waals surface area contributed by atoms with E-state index in [2.05, 4.69) is 14.9 Å². The van der Waals surface area contributed by atoms with E-state index in [9.17, 15) is 4.79 Å². The molecule has 0 fully saturated rings. The van der Waals surface area contributed by atoms with Crippen molar-refractivity contribution >= 4 is 12.0 Å². The van der Waals surface area contributed by atoms with Gasteiger partial charge in [0.05, 0.1) is 7.11 Å². The van der Waals surface area contributed by atoms with Gasteiger partial charge in [0.25, 0.3) is 0 Å². The van der Waals surface area contributed by atoms with Crippen LogP contribution in [0.1, 0.15) is 5.69 Å². The molecular weight excluding hydrogens is 244 g/mol. The quantitative estimate of drug-likeness (QED) is 0.611. The van der Waals surface area contributed by atoms with Crippen molar-refractivity contribution in [3.05, 3.63) is 42.1 Å². The van der Waals surface area contributed by atoms with Crippen LogP contribution < -0.4 is 0 Å². The summed E-state index contributed by atoms with van der Waals surface area (Å²) in [5.41, 5.74) is 1.77. The zero-order valence-corrected chi connectivity index (χ0v) is 10.1. The van der Waals surface area contributed by atoms with Crippen molar-refractivity contribution in [3.8, 4) is 17.5 Å². The van der Waals surface area contributed by atoms with Crippen LogP contribution in [-0.2, 0) is 9.53 Å². The number of aromatic nitrogens is 3. The monoisotopic (exact) mass is 254 g/mol. The minimum Gasteiger partial charge on any atom is -0.466 e. The smallest absolute Gasteiger partial charge is 0.330 e. The molecule has 0 saturated heterocycles. The second-order valence-corrected chi connectivity index (χ2v) is 3.55. The molecule has 0 N–H and O–H groups in total. The Bertz CT molecular complexity index is 653. The third-order valence-corrected chi connectivity index (χ3v) is 2.35. The van der Waals surface area contributed by atoms with E-state index in [0.29, 0.717) is 11.4 Å². The second kappa shape index (κ2) is 5.60. The van der Waals surface area contributed by atoms with E-state index in [0.717, 1.165) is 10.4 Å². The fourth-order valence-corrected chi connectivity index (χ4v) is 1.49. The average Bonchev–Trinajstić information content (AvgIpc) is 2.89. The first-order chi connectivity index (χ1) is 9.24. The lowest BCUT2D eigenvalue weighted by Gasteiger charge is -1.95. The zero-order valence-electron chi connectivity index (χ0n) is 10.1. The van der Waals surface area contributed by atoms with Gasteiger partial charge in [0.2, 0.25) is 6.19 Å². The Morgan fingerprint density at radius 3 is 2.74 bits per heavy atom. The number of hydrogen-bond acceptors (Lipinski definition) is 5. The van der Waals surface area contributed by atoms with Gasteiger partial charge < -0.3 is 4.74 Å². The van der Waals surface area contributed by atoms with E-state index in [-0.39, 0.29) is 0 Å². The largest absolute Gasteiger partial charge is 0.466 e. The van der Waals surface area contributed by atoms with Crippen LogP contribution in [0.3, 0.4) is 0 Å². The molecule has 2 aromatic rings. The summed E-state index contributed by atoms with van der Waals surface area (Å²) in [5, 5.41) is 16.8. The van der Waals surface area contributed by atoms with Crippen molar-refractivity contribution in [2.45, 2.75) is 0 Å². The molecule has 0 bridgehead atoms. The van der Waals surface area contributed by atoms with Crippen molar-refractivity contribution in [2.75, 3.05) is 7.11 Å². The maximum atomic E-state index is 11.1. The number of nitriles is 1. The maximum absolute atomic E-state index is 11.1. The van der Waals surface area contributed by atoms with Gasteiger partial charge in [-0.05, 0) is 6.08 Å². The molecule has 0 saturated carbocycles. The molecular formula is C13H10N4O2. The van der Waals surface area contributed by atoms with Crippen LogP contribution in [0.15, 0.2) is 36.4 Å². The van der Waals surface area contributed by atoms with E-state index in [1.807, 2.05) is 30.3 Å². The first-order valence-electron chi connectivity index (χ1n) is 5.43. The third kappa shape index (κ3) is 2.84. The molecule has 0 unspecified atom stereocenters. The molecule has 94 valence electrons. The fourth-order valence-electron chi connectivity index (χ4n) is 1.49. The van der Waals surface area contributed by atoms with Crippen LogP contribution in [0.2, 0.25) is 0 Å². The maximum Gasteiger partial charge on any atom is 0.330 e. The lowest BCUT2D eigenvalue weighted by atomic mass is 10.1. The van der Waals surface area contributed by atoms with Gasteiger partial charge in [-0.2, -0.15) is 5.26 Å². The normalized spacial score (nSPS) is 10.3. The number of ether oxygens (including phenoxy) is 1. The van der Waals surface area contributed by atoms with Gasteiger partial charge in [0, 0.05) is 11.6 Å². The van der Waals surface area contributed by atoms with E-state index in [1.54, 1.807) is 6.19 Å². The predicted molar refractivity (Wildman–Crippen MR) is 67.5 cm³/mol. The van der Waals surface area contributed by atoms with Gasteiger partial charge >= 0.3 is 5.97 Å². The Labute approximate surface area is 109 Å². The lowest BCUT2D eigenvalue weighted by molar-refractivity contribution is -0.134. The molecule has 0 aliphatic heterocycles. The van der Waals surface area contributed by atoms with Crippen LogP contribution in [0.4, 0.5) is 0 Å². The molecule has 2 rings (SSSR count). The summed E-state index contributed by atoms with van der Waals surface area (Å²) in [7, 11) is 1.29. The Morgan fingerprint density at radius 2 is 2.11 bits per heavy atom. The summed E-state index contributed by atoms with van der Waals surface area (Å²) < 4.78 is 4.50. The number of rotatable bonds is 3. The van der Waals surface area contributed by atoms with Gasteiger partial charge in [-0.3, -0.25) is 0 Å². The highest BCUT2D eigenvalue weighted by Gasteiger charge is 2.10. The first-order valence-corrected chi connectivity index (χ1v) is 5.43. The highest BCUT2D eigenvalue weighted by atomic mass is 16.5. The van der Waals surface area contributed by atoms with Gasteiger partial charge in [-0.25, -0.2) is 4.79 Å². The molecule has 0 spiro atoms. The Hall–Kier alpha value is -2.94. The van der Waals surface area contributed by atoms with E-state index in [4.69, 9.17) is 5.26 Å². The number of nitrogens with zero attached hydrogens (tertiary/aromatic N) is 4. The summed E-state index contributed by atoms with van der Waals surface area (Å²) in [6.07, 6.45) is 4.51. The number of benzene rings is 1. The van der Waals surface area contributed by atoms with Crippen LogP contribution in [-0.4, -0.2) is 28.1 Å². The number of methoxy groups -OCH3 is 1. The summed E-state index contributed by atoms with van der Waals surface area (Å²) >= 11 is 0. The summed E-state index contributed by atoms with van der Waals surface area (Å²) in [5.74, 6) is -0.495. The van der Waals surface area contributed by atoms with Crippen molar-refractivity contribution in [2.24, 2.45) is 0 Å². The molecule has 6 heteroatoms. The number of carbonyl (C=O) groups is 1. The van der Waals surface area contributed by atoms with Crippen LogP contribution in [0, 0.1) is 11.5 Å². The summed E-state index contributed by atoms with van der Waals surface area (Å²) in [6, 6.07) is 9.29. The minimum absolute atomic E-state index is 0.429. The number of hydrogen-bond donors (Lipinski definition) is 0. The summed E-state index contributed by atoms with van der Waals surface area (Å²) in [4.78, 5) is 12.0. The highest BCUT2D eigenvalue weighted by Crippen LogP contribution is 2.20. The first kappa shape index (κ1) is 12.5. The third-order valence-electron chi connectivity index (χ3n) is 2.35. The van der Waals surface area contributed by atoms with E-state index < -0.39 is 5.97 Å². The van der Waals surface area contributed by atoms with E-state index >= 15 is 0 Å². The molecule has 0 atom stereocenters. The molecule has 0 aliphatic rings. The van der Waals surface area contributed by atoms with Crippen molar-refractivity contribution < 1.29 is 9.53 Å². The zero-order chi connectivity index (χ0) is 13.7. The Kier molecular flexibility index (Phi) is 3.69. The van der Waals surface area contributed by atoms with E-state index in [1.165, 1.54) is 19.3 Å².